The molecule has 0 radical (unpaired) electrons. The molecule has 0 aliphatic carbocycles. The van der Waals surface area contributed by atoms with Gasteiger partial charge in [-0.2, -0.15) is 0 Å². The quantitative estimate of drug-likeness (QED) is 0.772. The van der Waals surface area contributed by atoms with E-state index in [1.54, 1.807) is 11.3 Å². The Morgan fingerprint density at radius 1 is 1.77 bits per heavy atom. The van der Waals surface area contributed by atoms with Crippen LogP contribution in [0.2, 0.25) is 0 Å². The van der Waals surface area contributed by atoms with Gasteiger partial charge in [-0.05, 0) is 18.4 Å². The van der Waals surface area contributed by atoms with Crippen molar-refractivity contribution in [2.45, 2.75) is 19.4 Å². The lowest BCUT2D eigenvalue weighted by molar-refractivity contribution is -0.121. The SMILES string of the molecule is C[C@@H](NC(=O)CCCl)c1cccs1. The number of carbonyl (C=O) groups is 1. The van der Waals surface area contributed by atoms with Gasteiger partial charge in [0.1, 0.15) is 0 Å². The monoisotopic (exact) mass is 217 g/mol. The predicted molar refractivity (Wildman–Crippen MR) is 56.2 cm³/mol. The van der Waals surface area contributed by atoms with Crippen LogP contribution < -0.4 is 5.32 Å². The highest BCUT2D eigenvalue weighted by Crippen LogP contribution is 2.17. The molecule has 0 saturated carbocycles. The summed E-state index contributed by atoms with van der Waals surface area (Å²) in [7, 11) is 0. The molecule has 13 heavy (non-hydrogen) atoms. The normalized spacial score (nSPS) is 12.5. The largest absolute Gasteiger partial charge is 0.349 e. The number of carbonyl (C=O) groups excluding carboxylic acids is 1. The Kier molecular flexibility index (Phi) is 4.25. The Labute approximate surface area is 86.9 Å². The van der Waals surface area contributed by atoms with Gasteiger partial charge in [0.05, 0.1) is 6.04 Å². The maximum absolute atomic E-state index is 11.2. The van der Waals surface area contributed by atoms with E-state index in [9.17, 15) is 4.79 Å². The van der Waals surface area contributed by atoms with Gasteiger partial charge in [0.15, 0.2) is 0 Å². The fourth-order valence-electron chi connectivity index (χ4n) is 1.01. The van der Waals surface area contributed by atoms with Gasteiger partial charge < -0.3 is 5.32 Å². The summed E-state index contributed by atoms with van der Waals surface area (Å²) in [4.78, 5) is 12.3. The van der Waals surface area contributed by atoms with Gasteiger partial charge >= 0.3 is 0 Å². The highest BCUT2D eigenvalue weighted by atomic mass is 35.5. The molecule has 1 heterocycles. The first-order valence-electron chi connectivity index (χ1n) is 4.12. The van der Waals surface area contributed by atoms with E-state index in [0.29, 0.717) is 12.3 Å². The zero-order valence-corrected chi connectivity index (χ0v) is 8.99. The van der Waals surface area contributed by atoms with E-state index in [4.69, 9.17) is 11.6 Å². The summed E-state index contributed by atoms with van der Waals surface area (Å²) in [6.45, 7) is 1.97. The van der Waals surface area contributed by atoms with Crippen LogP contribution in [-0.2, 0) is 4.79 Å². The minimum Gasteiger partial charge on any atom is -0.349 e. The van der Waals surface area contributed by atoms with E-state index < -0.39 is 0 Å². The first-order valence-corrected chi connectivity index (χ1v) is 5.54. The lowest BCUT2D eigenvalue weighted by Crippen LogP contribution is -2.26. The molecule has 0 fully saturated rings. The zero-order chi connectivity index (χ0) is 9.68. The van der Waals surface area contributed by atoms with Gasteiger partial charge in [0, 0.05) is 17.2 Å². The van der Waals surface area contributed by atoms with Crippen LogP contribution in [0.4, 0.5) is 0 Å². The van der Waals surface area contributed by atoms with E-state index in [1.807, 2.05) is 24.4 Å². The molecule has 1 aromatic rings. The molecular weight excluding hydrogens is 206 g/mol. The Morgan fingerprint density at radius 3 is 3.08 bits per heavy atom. The lowest BCUT2D eigenvalue weighted by atomic mass is 10.2. The van der Waals surface area contributed by atoms with Crippen LogP contribution in [0.3, 0.4) is 0 Å². The second-order valence-corrected chi connectivity index (χ2v) is 4.10. The molecule has 1 rings (SSSR count). The van der Waals surface area contributed by atoms with E-state index in [-0.39, 0.29) is 11.9 Å². The van der Waals surface area contributed by atoms with Gasteiger partial charge in [0.25, 0.3) is 0 Å². The summed E-state index contributed by atoms with van der Waals surface area (Å²) in [5, 5.41) is 4.87. The van der Waals surface area contributed by atoms with E-state index >= 15 is 0 Å². The number of hydrogen-bond acceptors (Lipinski definition) is 2. The van der Waals surface area contributed by atoms with Crippen molar-refractivity contribution < 1.29 is 4.79 Å². The molecule has 0 saturated heterocycles. The number of hydrogen-bond donors (Lipinski definition) is 1. The van der Waals surface area contributed by atoms with Gasteiger partial charge in [-0.25, -0.2) is 0 Å². The Bertz CT molecular complexity index is 261. The predicted octanol–water partition coefficient (Wildman–Crippen LogP) is 2.55. The third-order valence-electron chi connectivity index (χ3n) is 1.67. The van der Waals surface area contributed by atoms with Crippen LogP contribution in [0.15, 0.2) is 17.5 Å². The highest BCUT2D eigenvalue weighted by molar-refractivity contribution is 7.10. The van der Waals surface area contributed by atoms with Crippen molar-refractivity contribution in [3.63, 3.8) is 0 Å². The Morgan fingerprint density at radius 2 is 2.54 bits per heavy atom. The standard InChI is InChI=1S/C9H12ClNOS/c1-7(8-3-2-6-13-8)11-9(12)4-5-10/h2-3,6-7H,4-5H2,1H3,(H,11,12)/t7-/m1/s1. The fraction of sp³-hybridized carbons (Fsp3) is 0.444. The first kappa shape index (κ1) is 10.5. The molecule has 1 atom stereocenters. The van der Waals surface area contributed by atoms with Crippen LogP contribution in [0, 0.1) is 0 Å². The molecule has 1 aromatic heterocycles. The fourth-order valence-corrected chi connectivity index (χ4v) is 1.91. The van der Waals surface area contributed by atoms with Crippen LogP contribution in [0.25, 0.3) is 0 Å². The minimum absolute atomic E-state index is 0.0101. The van der Waals surface area contributed by atoms with Gasteiger partial charge in [-0.15, -0.1) is 22.9 Å². The van der Waals surface area contributed by atoms with Crippen molar-refractivity contribution in [3.8, 4) is 0 Å². The van der Waals surface area contributed by atoms with Crippen molar-refractivity contribution in [2.75, 3.05) is 5.88 Å². The smallest absolute Gasteiger partial charge is 0.221 e. The molecule has 0 aromatic carbocycles. The highest BCUT2D eigenvalue weighted by Gasteiger charge is 2.08. The van der Waals surface area contributed by atoms with Crippen LogP contribution in [-0.4, -0.2) is 11.8 Å². The molecule has 1 N–H and O–H groups in total. The summed E-state index contributed by atoms with van der Waals surface area (Å²) in [5.74, 6) is 0.388. The number of nitrogens with one attached hydrogen (secondary N) is 1. The average Bonchev–Trinajstić information content (AvgIpc) is 2.55. The molecule has 2 nitrogen and oxygen atoms in total. The molecule has 1 amide bonds. The van der Waals surface area contributed by atoms with Gasteiger partial charge in [-0.3, -0.25) is 4.79 Å². The summed E-state index contributed by atoms with van der Waals surface area (Å²) >= 11 is 7.09. The number of halogens is 1. The number of rotatable bonds is 4. The first-order chi connectivity index (χ1) is 6.24. The number of alkyl halides is 1. The molecular formula is C9H12ClNOS. The second-order valence-electron chi connectivity index (χ2n) is 2.74. The van der Waals surface area contributed by atoms with Crippen molar-refractivity contribution in [1.29, 1.82) is 0 Å². The third kappa shape index (κ3) is 3.36. The second kappa shape index (κ2) is 5.25. The Balaban J connectivity index is 2.42. The lowest BCUT2D eigenvalue weighted by Gasteiger charge is -2.10. The van der Waals surface area contributed by atoms with Crippen molar-refractivity contribution >= 4 is 28.8 Å². The molecule has 72 valence electrons. The molecule has 0 aliphatic heterocycles. The van der Waals surface area contributed by atoms with Crippen LogP contribution in [0.1, 0.15) is 24.3 Å². The summed E-state index contributed by atoms with van der Waals surface area (Å²) in [6.07, 6.45) is 0.386. The van der Waals surface area contributed by atoms with E-state index in [1.165, 1.54) is 4.88 Å². The minimum atomic E-state index is 0.0101. The number of thiophene rings is 1. The van der Waals surface area contributed by atoms with E-state index in [0.717, 1.165) is 0 Å². The van der Waals surface area contributed by atoms with Gasteiger partial charge in [0.2, 0.25) is 5.91 Å². The topological polar surface area (TPSA) is 29.1 Å². The third-order valence-corrected chi connectivity index (χ3v) is 2.91. The van der Waals surface area contributed by atoms with Crippen molar-refractivity contribution in [3.05, 3.63) is 22.4 Å². The van der Waals surface area contributed by atoms with Crippen molar-refractivity contribution in [1.82, 2.24) is 5.32 Å². The average molecular weight is 218 g/mol. The molecule has 0 aliphatic rings. The van der Waals surface area contributed by atoms with E-state index in [2.05, 4.69) is 5.32 Å². The van der Waals surface area contributed by atoms with Gasteiger partial charge in [-0.1, -0.05) is 6.07 Å². The summed E-state index contributed by atoms with van der Waals surface area (Å²) in [6, 6.07) is 4.08. The maximum Gasteiger partial charge on any atom is 0.221 e. The maximum atomic E-state index is 11.2. The summed E-state index contributed by atoms with van der Waals surface area (Å²) < 4.78 is 0. The van der Waals surface area contributed by atoms with Crippen LogP contribution in [0.5, 0.6) is 0 Å². The molecule has 4 heteroatoms. The Hall–Kier alpha value is -0.540. The molecule has 0 unspecified atom stereocenters. The number of amides is 1. The van der Waals surface area contributed by atoms with Crippen molar-refractivity contribution in [2.24, 2.45) is 0 Å². The summed E-state index contributed by atoms with van der Waals surface area (Å²) in [5.41, 5.74) is 0. The molecule has 0 spiro atoms. The van der Waals surface area contributed by atoms with Crippen LogP contribution >= 0.6 is 22.9 Å². The zero-order valence-electron chi connectivity index (χ0n) is 7.42. The molecule has 0 bridgehead atoms.